The molecule has 0 saturated carbocycles. The standard InChI is InChI=1S/C21H24N6O2S/c1-26-11-15(12-26)29-20-17-18(23-13-24-20)25-21(30-17)27-9-5-8-16(27)19(28)22-10-14-6-3-2-4-7-14/h2-4,6-7,13,15-16H,5,8-12H2,1H3,(H,22,28)/t16-/m1/s1. The first-order chi connectivity index (χ1) is 14.7. The first-order valence-electron chi connectivity index (χ1n) is 10.2. The van der Waals surface area contributed by atoms with Gasteiger partial charge in [0.05, 0.1) is 0 Å². The second-order valence-corrected chi connectivity index (χ2v) is 8.82. The molecule has 5 rings (SSSR count). The molecule has 3 aromatic rings. The number of likely N-dealkylation sites (N-methyl/N-ethyl adjacent to an activating group) is 1. The van der Waals surface area contributed by atoms with Crippen molar-refractivity contribution in [3.63, 3.8) is 0 Å². The number of nitrogens with one attached hydrogen (secondary N) is 1. The van der Waals surface area contributed by atoms with Crippen molar-refractivity contribution in [1.29, 1.82) is 0 Å². The summed E-state index contributed by atoms with van der Waals surface area (Å²) in [5.74, 6) is 0.627. The number of aromatic nitrogens is 3. The Bertz CT molecular complexity index is 1040. The van der Waals surface area contributed by atoms with Gasteiger partial charge in [-0.3, -0.25) is 9.69 Å². The highest BCUT2D eigenvalue weighted by Crippen LogP contribution is 2.36. The molecule has 0 spiro atoms. The Morgan fingerprint density at radius 3 is 2.90 bits per heavy atom. The zero-order valence-electron chi connectivity index (χ0n) is 16.8. The lowest BCUT2D eigenvalue weighted by atomic mass is 10.2. The Morgan fingerprint density at radius 2 is 2.10 bits per heavy atom. The van der Waals surface area contributed by atoms with Crippen LogP contribution in [0, 0.1) is 0 Å². The van der Waals surface area contributed by atoms with E-state index in [1.165, 1.54) is 17.7 Å². The molecule has 0 bridgehead atoms. The van der Waals surface area contributed by atoms with Crippen LogP contribution in [0.15, 0.2) is 36.7 Å². The summed E-state index contributed by atoms with van der Waals surface area (Å²) >= 11 is 1.51. The number of fused-ring (bicyclic) bond motifs is 1. The van der Waals surface area contributed by atoms with Crippen LogP contribution in [0.1, 0.15) is 18.4 Å². The van der Waals surface area contributed by atoms with Crippen LogP contribution in [0.5, 0.6) is 5.88 Å². The van der Waals surface area contributed by atoms with Gasteiger partial charge in [0.15, 0.2) is 10.8 Å². The average Bonchev–Trinajstić information content (AvgIpc) is 3.39. The first kappa shape index (κ1) is 19.2. The first-order valence-corrected chi connectivity index (χ1v) is 11.0. The molecule has 2 aliphatic heterocycles. The van der Waals surface area contributed by atoms with E-state index in [9.17, 15) is 4.79 Å². The van der Waals surface area contributed by atoms with Gasteiger partial charge in [-0.1, -0.05) is 41.7 Å². The molecule has 1 amide bonds. The van der Waals surface area contributed by atoms with E-state index in [1.807, 2.05) is 30.3 Å². The van der Waals surface area contributed by atoms with Crippen molar-refractivity contribution in [2.75, 3.05) is 31.6 Å². The molecule has 1 atom stereocenters. The molecule has 0 unspecified atom stereocenters. The van der Waals surface area contributed by atoms with Gasteiger partial charge in [0.25, 0.3) is 0 Å². The SMILES string of the molecule is CN1CC(Oc2ncnc3nc(N4CCC[C@@H]4C(=O)NCc4ccccc4)sc23)C1. The molecule has 156 valence electrons. The largest absolute Gasteiger partial charge is 0.470 e. The summed E-state index contributed by atoms with van der Waals surface area (Å²) in [6, 6.07) is 9.74. The minimum atomic E-state index is -0.216. The van der Waals surface area contributed by atoms with Crippen molar-refractivity contribution >= 4 is 32.7 Å². The number of carbonyl (C=O) groups excluding carboxylic acids is 1. The fourth-order valence-electron chi connectivity index (χ4n) is 3.97. The third-order valence-electron chi connectivity index (χ3n) is 5.57. The Kier molecular flexibility index (Phi) is 5.22. The number of ether oxygens (including phenoxy) is 1. The molecule has 8 nitrogen and oxygen atoms in total. The summed E-state index contributed by atoms with van der Waals surface area (Å²) in [6.07, 6.45) is 3.43. The number of hydrogen-bond donors (Lipinski definition) is 1. The molecular formula is C21H24N6O2S. The third-order valence-corrected chi connectivity index (χ3v) is 6.64. The molecule has 1 N–H and O–H groups in total. The summed E-state index contributed by atoms with van der Waals surface area (Å²) in [6.45, 7) is 3.13. The van der Waals surface area contributed by atoms with Gasteiger partial charge < -0.3 is 15.0 Å². The summed E-state index contributed by atoms with van der Waals surface area (Å²) < 4.78 is 6.90. The zero-order chi connectivity index (χ0) is 20.5. The lowest BCUT2D eigenvalue weighted by Gasteiger charge is -2.35. The molecule has 0 radical (unpaired) electrons. The quantitative estimate of drug-likeness (QED) is 0.648. The highest BCUT2D eigenvalue weighted by atomic mass is 32.1. The zero-order valence-corrected chi connectivity index (χ0v) is 17.6. The van der Waals surface area contributed by atoms with Gasteiger partial charge in [0, 0.05) is 26.2 Å². The highest BCUT2D eigenvalue weighted by molar-refractivity contribution is 7.22. The number of benzene rings is 1. The molecule has 9 heteroatoms. The van der Waals surface area contributed by atoms with Gasteiger partial charge >= 0.3 is 0 Å². The third kappa shape index (κ3) is 3.82. The number of nitrogens with zero attached hydrogens (tertiary/aromatic N) is 5. The number of amides is 1. The molecule has 2 aromatic heterocycles. The van der Waals surface area contributed by atoms with Crippen LogP contribution in [0.2, 0.25) is 0 Å². The minimum absolute atomic E-state index is 0.0377. The summed E-state index contributed by atoms with van der Waals surface area (Å²) in [5.41, 5.74) is 1.72. The Hall–Kier alpha value is -2.78. The summed E-state index contributed by atoms with van der Waals surface area (Å²) in [5, 5.41) is 3.87. The Balaban J connectivity index is 1.31. The number of thiazole rings is 1. The number of likely N-dealkylation sites (tertiary alicyclic amines) is 1. The smallest absolute Gasteiger partial charge is 0.243 e. The molecule has 0 aliphatic carbocycles. The number of hydrogen-bond acceptors (Lipinski definition) is 8. The van der Waals surface area contributed by atoms with Crippen molar-refractivity contribution < 1.29 is 9.53 Å². The second-order valence-electron chi connectivity index (χ2n) is 7.84. The minimum Gasteiger partial charge on any atom is -0.470 e. The van der Waals surface area contributed by atoms with E-state index >= 15 is 0 Å². The molecule has 2 fully saturated rings. The molecule has 2 aliphatic rings. The fourth-order valence-corrected chi connectivity index (χ4v) is 5.00. The van der Waals surface area contributed by atoms with Crippen LogP contribution in [-0.2, 0) is 11.3 Å². The lowest BCUT2D eigenvalue weighted by molar-refractivity contribution is -0.122. The predicted octanol–water partition coefficient (Wildman–Crippen LogP) is 2.06. The van der Waals surface area contributed by atoms with Crippen molar-refractivity contribution in [1.82, 2.24) is 25.2 Å². The van der Waals surface area contributed by atoms with Crippen LogP contribution in [0.4, 0.5) is 5.13 Å². The van der Waals surface area contributed by atoms with E-state index in [0.29, 0.717) is 18.1 Å². The maximum atomic E-state index is 12.9. The monoisotopic (exact) mass is 424 g/mol. The highest BCUT2D eigenvalue weighted by Gasteiger charge is 2.33. The van der Waals surface area contributed by atoms with Gasteiger partial charge in [0.1, 0.15) is 23.2 Å². The van der Waals surface area contributed by atoms with Crippen molar-refractivity contribution in [3.8, 4) is 5.88 Å². The van der Waals surface area contributed by atoms with Gasteiger partial charge in [0.2, 0.25) is 11.8 Å². The lowest BCUT2D eigenvalue weighted by Crippen LogP contribution is -2.51. The normalized spacial score (nSPS) is 19.8. The fraction of sp³-hybridized carbons (Fsp3) is 0.429. The van der Waals surface area contributed by atoms with Gasteiger partial charge in [-0.05, 0) is 25.5 Å². The summed E-state index contributed by atoms with van der Waals surface area (Å²) in [4.78, 5) is 30.5. The van der Waals surface area contributed by atoms with E-state index in [0.717, 1.165) is 47.9 Å². The topological polar surface area (TPSA) is 83.5 Å². The van der Waals surface area contributed by atoms with E-state index < -0.39 is 0 Å². The summed E-state index contributed by atoms with van der Waals surface area (Å²) in [7, 11) is 2.07. The maximum absolute atomic E-state index is 12.9. The van der Waals surface area contributed by atoms with Crippen LogP contribution < -0.4 is 15.0 Å². The average molecular weight is 425 g/mol. The van der Waals surface area contributed by atoms with Crippen LogP contribution in [-0.4, -0.2) is 64.6 Å². The molecule has 4 heterocycles. The van der Waals surface area contributed by atoms with Crippen LogP contribution >= 0.6 is 11.3 Å². The molecule has 30 heavy (non-hydrogen) atoms. The molecule has 1 aromatic carbocycles. The van der Waals surface area contributed by atoms with Crippen LogP contribution in [0.3, 0.4) is 0 Å². The number of carbonyl (C=O) groups is 1. The van der Waals surface area contributed by atoms with E-state index in [-0.39, 0.29) is 18.1 Å². The molecular weight excluding hydrogens is 400 g/mol. The second kappa shape index (κ2) is 8.16. The van der Waals surface area contributed by atoms with E-state index in [4.69, 9.17) is 9.72 Å². The molecule has 2 saturated heterocycles. The van der Waals surface area contributed by atoms with Crippen molar-refractivity contribution in [3.05, 3.63) is 42.2 Å². The number of rotatable bonds is 6. The van der Waals surface area contributed by atoms with E-state index in [1.54, 1.807) is 0 Å². The van der Waals surface area contributed by atoms with Crippen molar-refractivity contribution in [2.24, 2.45) is 0 Å². The van der Waals surface area contributed by atoms with Crippen LogP contribution in [0.25, 0.3) is 10.3 Å². The maximum Gasteiger partial charge on any atom is 0.243 e. The Morgan fingerprint density at radius 1 is 1.27 bits per heavy atom. The predicted molar refractivity (Wildman–Crippen MR) is 116 cm³/mol. The van der Waals surface area contributed by atoms with Gasteiger partial charge in [-0.25, -0.2) is 9.97 Å². The number of anilines is 1. The van der Waals surface area contributed by atoms with Gasteiger partial charge in [-0.2, -0.15) is 4.98 Å². The Labute approximate surface area is 178 Å². The van der Waals surface area contributed by atoms with E-state index in [2.05, 4.69) is 32.1 Å². The van der Waals surface area contributed by atoms with Crippen molar-refractivity contribution in [2.45, 2.75) is 31.5 Å². The van der Waals surface area contributed by atoms with Gasteiger partial charge in [-0.15, -0.1) is 0 Å².